The molecule has 0 aliphatic rings. The van der Waals surface area contributed by atoms with E-state index in [2.05, 4.69) is 127 Å². The highest BCUT2D eigenvalue weighted by atomic mass is 16.3. The molecule has 2 aromatic heterocycles. The summed E-state index contributed by atoms with van der Waals surface area (Å²) in [4.78, 5) is 15.2. The Bertz CT molecular complexity index is 2790. The third-order valence-electron chi connectivity index (χ3n) is 9.45. The molecular formula is C45H27N3O. The average Bonchev–Trinajstić information content (AvgIpc) is 3.62. The van der Waals surface area contributed by atoms with Crippen molar-refractivity contribution in [2.45, 2.75) is 0 Å². The van der Waals surface area contributed by atoms with E-state index in [0.29, 0.717) is 11.7 Å². The maximum Gasteiger partial charge on any atom is 0.227 e. The van der Waals surface area contributed by atoms with Gasteiger partial charge >= 0.3 is 0 Å². The van der Waals surface area contributed by atoms with Gasteiger partial charge in [0.25, 0.3) is 0 Å². The number of hydrogen-bond donors (Lipinski definition) is 0. The SMILES string of the molecule is c1ccc(-c2nc3ccc4ccc5cc(-c6nc(-c7ccc8ccccc8c7)cc(-c7ccc8ccccc8c7)n6)ccc5c4c3o2)cc1. The predicted molar refractivity (Wildman–Crippen MR) is 201 cm³/mol. The molecule has 10 aromatic rings. The van der Waals surface area contributed by atoms with Gasteiger partial charge in [-0.1, -0.05) is 121 Å². The van der Waals surface area contributed by atoms with Gasteiger partial charge in [-0.05, 0) is 80.2 Å². The van der Waals surface area contributed by atoms with E-state index in [1.54, 1.807) is 0 Å². The molecule has 0 fully saturated rings. The van der Waals surface area contributed by atoms with Crippen LogP contribution in [-0.4, -0.2) is 15.0 Å². The summed E-state index contributed by atoms with van der Waals surface area (Å²) >= 11 is 0. The molecule has 228 valence electrons. The lowest BCUT2D eigenvalue weighted by Crippen LogP contribution is -1.96. The molecule has 10 rings (SSSR count). The van der Waals surface area contributed by atoms with Crippen molar-refractivity contribution in [3.05, 3.63) is 164 Å². The lowest BCUT2D eigenvalue weighted by molar-refractivity contribution is 0.623. The molecule has 0 aliphatic carbocycles. The summed E-state index contributed by atoms with van der Waals surface area (Å²) in [6, 6.07) is 57.0. The van der Waals surface area contributed by atoms with E-state index in [1.807, 2.05) is 36.4 Å². The first-order chi connectivity index (χ1) is 24.2. The van der Waals surface area contributed by atoms with Crippen LogP contribution < -0.4 is 0 Å². The Morgan fingerprint density at radius 2 is 0.918 bits per heavy atom. The highest BCUT2D eigenvalue weighted by molar-refractivity contribution is 6.18. The smallest absolute Gasteiger partial charge is 0.227 e. The third-order valence-corrected chi connectivity index (χ3v) is 9.45. The molecule has 0 unspecified atom stereocenters. The van der Waals surface area contributed by atoms with E-state index in [-0.39, 0.29) is 0 Å². The topological polar surface area (TPSA) is 51.8 Å². The molecular weight excluding hydrogens is 599 g/mol. The Morgan fingerprint density at radius 3 is 1.61 bits per heavy atom. The quantitative estimate of drug-likeness (QED) is 0.183. The largest absolute Gasteiger partial charge is 0.435 e. The molecule has 0 atom stereocenters. The summed E-state index contributed by atoms with van der Waals surface area (Å²) in [5, 5.41) is 9.11. The van der Waals surface area contributed by atoms with Gasteiger partial charge in [-0.3, -0.25) is 0 Å². The number of hydrogen-bond acceptors (Lipinski definition) is 4. The molecule has 4 nitrogen and oxygen atoms in total. The zero-order valence-corrected chi connectivity index (χ0v) is 26.3. The van der Waals surface area contributed by atoms with Crippen LogP contribution in [-0.2, 0) is 0 Å². The van der Waals surface area contributed by atoms with E-state index < -0.39 is 0 Å². The van der Waals surface area contributed by atoms with E-state index in [1.165, 1.54) is 21.5 Å². The fourth-order valence-corrected chi connectivity index (χ4v) is 6.94. The van der Waals surface area contributed by atoms with Crippen LogP contribution in [0.1, 0.15) is 0 Å². The van der Waals surface area contributed by atoms with Gasteiger partial charge in [-0.15, -0.1) is 0 Å². The first kappa shape index (κ1) is 27.5. The van der Waals surface area contributed by atoms with Crippen LogP contribution in [0.5, 0.6) is 0 Å². The average molecular weight is 626 g/mol. The molecule has 0 spiro atoms. The Balaban J connectivity index is 1.15. The van der Waals surface area contributed by atoms with Crippen molar-refractivity contribution < 1.29 is 4.42 Å². The summed E-state index contributed by atoms with van der Waals surface area (Å²) in [5.41, 5.74) is 7.42. The van der Waals surface area contributed by atoms with Gasteiger partial charge in [0.1, 0.15) is 5.52 Å². The van der Waals surface area contributed by atoms with Crippen molar-refractivity contribution >= 4 is 54.2 Å². The number of oxazole rings is 1. The number of fused-ring (bicyclic) bond motifs is 7. The second-order valence-electron chi connectivity index (χ2n) is 12.5. The maximum atomic E-state index is 6.45. The molecule has 0 aliphatic heterocycles. The Hall–Kier alpha value is -6.65. The fourth-order valence-electron chi connectivity index (χ4n) is 6.94. The molecule has 8 aromatic carbocycles. The normalized spacial score (nSPS) is 11.7. The zero-order valence-electron chi connectivity index (χ0n) is 26.3. The number of aromatic nitrogens is 3. The van der Waals surface area contributed by atoms with Crippen molar-refractivity contribution in [2.75, 3.05) is 0 Å². The standard InChI is InChI=1S/C45H27N3O/c1-2-10-31(11-3-1)45-48-39-23-21-30-16-17-34-26-37(20-22-38(34)42(30)43(39)49-45)44-46-40(35-18-14-28-8-4-6-12-32(28)24-35)27-41(47-44)36-19-15-29-9-5-7-13-33(29)25-36/h1-27H. The predicted octanol–water partition coefficient (Wildman–Crippen LogP) is 11.9. The molecule has 4 heteroatoms. The summed E-state index contributed by atoms with van der Waals surface area (Å²) in [5.74, 6) is 1.30. The fraction of sp³-hybridized carbons (Fsp3) is 0. The second kappa shape index (κ2) is 11.0. The van der Waals surface area contributed by atoms with Gasteiger partial charge in [-0.25, -0.2) is 15.0 Å². The first-order valence-electron chi connectivity index (χ1n) is 16.4. The van der Waals surface area contributed by atoms with Crippen molar-refractivity contribution in [2.24, 2.45) is 0 Å². The van der Waals surface area contributed by atoms with Gasteiger partial charge < -0.3 is 4.42 Å². The lowest BCUT2D eigenvalue weighted by atomic mass is 9.98. The van der Waals surface area contributed by atoms with Crippen LogP contribution >= 0.6 is 0 Å². The van der Waals surface area contributed by atoms with Crippen LogP contribution in [0.2, 0.25) is 0 Å². The van der Waals surface area contributed by atoms with Gasteiger partial charge in [0, 0.05) is 27.6 Å². The van der Waals surface area contributed by atoms with Gasteiger partial charge in [0.05, 0.1) is 11.4 Å². The van der Waals surface area contributed by atoms with Gasteiger partial charge in [-0.2, -0.15) is 0 Å². The third kappa shape index (κ3) is 4.73. The Morgan fingerprint density at radius 1 is 0.367 bits per heavy atom. The van der Waals surface area contributed by atoms with Gasteiger partial charge in [0.2, 0.25) is 5.89 Å². The van der Waals surface area contributed by atoms with E-state index in [0.717, 1.165) is 66.3 Å². The summed E-state index contributed by atoms with van der Waals surface area (Å²) in [7, 11) is 0. The summed E-state index contributed by atoms with van der Waals surface area (Å²) in [6.45, 7) is 0. The highest BCUT2D eigenvalue weighted by Gasteiger charge is 2.16. The number of nitrogens with zero attached hydrogens (tertiary/aromatic N) is 3. The van der Waals surface area contributed by atoms with E-state index in [9.17, 15) is 0 Å². The van der Waals surface area contributed by atoms with Crippen molar-refractivity contribution in [1.29, 1.82) is 0 Å². The minimum absolute atomic E-state index is 0.622. The Kier molecular flexibility index (Phi) is 6.15. The molecule has 49 heavy (non-hydrogen) atoms. The number of rotatable bonds is 4. The van der Waals surface area contributed by atoms with Crippen LogP contribution in [0.15, 0.2) is 168 Å². The minimum atomic E-state index is 0.622. The van der Waals surface area contributed by atoms with E-state index in [4.69, 9.17) is 19.4 Å². The second-order valence-corrected chi connectivity index (χ2v) is 12.5. The maximum absolute atomic E-state index is 6.45. The van der Waals surface area contributed by atoms with Crippen molar-refractivity contribution in [1.82, 2.24) is 15.0 Å². The van der Waals surface area contributed by atoms with Crippen molar-refractivity contribution in [3.63, 3.8) is 0 Å². The van der Waals surface area contributed by atoms with Crippen LogP contribution in [0.25, 0.3) is 99.5 Å². The molecule has 0 radical (unpaired) electrons. The Labute approximate surface area is 282 Å². The minimum Gasteiger partial charge on any atom is -0.435 e. The summed E-state index contributed by atoms with van der Waals surface area (Å²) < 4.78 is 6.45. The number of benzene rings is 8. The van der Waals surface area contributed by atoms with Crippen LogP contribution in [0.4, 0.5) is 0 Å². The molecule has 0 bridgehead atoms. The molecule has 0 saturated heterocycles. The highest BCUT2D eigenvalue weighted by Crippen LogP contribution is 2.37. The van der Waals surface area contributed by atoms with Crippen LogP contribution in [0.3, 0.4) is 0 Å². The van der Waals surface area contributed by atoms with Crippen LogP contribution in [0, 0.1) is 0 Å². The molecule has 2 heterocycles. The molecule has 0 amide bonds. The lowest BCUT2D eigenvalue weighted by Gasteiger charge is -2.12. The van der Waals surface area contributed by atoms with Gasteiger partial charge in [0.15, 0.2) is 11.4 Å². The zero-order chi connectivity index (χ0) is 32.3. The first-order valence-corrected chi connectivity index (χ1v) is 16.4. The van der Waals surface area contributed by atoms with E-state index >= 15 is 0 Å². The molecule has 0 N–H and O–H groups in total. The summed E-state index contributed by atoms with van der Waals surface area (Å²) in [6.07, 6.45) is 0. The molecule has 0 saturated carbocycles. The monoisotopic (exact) mass is 625 g/mol. The van der Waals surface area contributed by atoms with Crippen molar-refractivity contribution in [3.8, 4) is 45.4 Å².